The molecule has 0 radical (unpaired) electrons. The number of piperazine rings is 1. The molecule has 6 nitrogen and oxygen atoms in total. The van der Waals surface area contributed by atoms with Crippen molar-refractivity contribution in [2.45, 2.75) is 6.92 Å². The molecular weight excluding hydrogens is 296 g/mol. The predicted octanol–water partition coefficient (Wildman–Crippen LogP) is 1.08. The molecule has 2 aromatic heterocycles. The second-order valence-electron chi connectivity index (χ2n) is 4.92. The average Bonchev–Trinajstić information content (AvgIpc) is 2.78. The van der Waals surface area contributed by atoms with Gasteiger partial charge in [-0.25, -0.2) is 18.4 Å². The smallest absolute Gasteiger partial charge is 0.211 e. The van der Waals surface area contributed by atoms with Crippen molar-refractivity contribution in [1.29, 1.82) is 0 Å². The highest BCUT2D eigenvalue weighted by molar-refractivity contribution is 7.88. The number of hydrogen-bond donors (Lipinski definition) is 0. The highest BCUT2D eigenvalue weighted by Crippen LogP contribution is 2.30. The van der Waals surface area contributed by atoms with Crippen molar-refractivity contribution in [2.24, 2.45) is 0 Å². The van der Waals surface area contributed by atoms with Crippen molar-refractivity contribution in [3.05, 3.63) is 17.3 Å². The minimum Gasteiger partial charge on any atom is -0.353 e. The Hall–Kier alpha value is -1.25. The molecule has 0 aliphatic carbocycles. The van der Waals surface area contributed by atoms with Crippen LogP contribution >= 0.6 is 11.3 Å². The van der Waals surface area contributed by atoms with Gasteiger partial charge in [0.05, 0.1) is 11.6 Å². The number of fused-ring (bicyclic) bond motifs is 1. The first-order chi connectivity index (χ1) is 9.45. The summed E-state index contributed by atoms with van der Waals surface area (Å²) in [6.07, 6.45) is 2.84. The molecule has 1 aliphatic heterocycles. The Bertz CT molecular complexity index is 733. The second-order valence-corrected chi connectivity index (χ2v) is 8.14. The number of aromatic nitrogens is 2. The van der Waals surface area contributed by atoms with Crippen molar-refractivity contribution in [2.75, 3.05) is 37.3 Å². The Labute approximate surface area is 122 Å². The van der Waals surface area contributed by atoms with E-state index in [9.17, 15) is 8.42 Å². The van der Waals surface area contributed by atoms with Crippen molar-refractivity contribution < 1.29 is 8.42 Å². The normalized spacial score (nSPS) is 17.8. The van der Waals surface area contributed by atoms with Crippen LogP contribution in [0.4, 0.5) is 5.82 Å². The average molecular weight is 312 g/mol. The number of nitrogens with zero attached hydrogens (tertiary/aromatic N) is 4. The molecule has 3 heterocycles. The van der Waals surface area contributed by atoms with Crippen molar-refractivity contribution in [1.82, 2.24) is 14.3 Å². The summed E-state index contributed by atoms with van der Waals surface area (Å²) in [5, 5.41) is 1.06. The zero-order chi connectivity index (χ0) is 14.3. The Morgan fingerprint density at radius 1 is 1.20 bits per heavy atom. The van der Waals surface area contributed by atoms with Gasteiger partial charge in [-0.15, -0.1) is 11.3 Å². The van der Waals surface area contributed by atoms with Crippen LogP contribution in [0.5, 0.6) is 0 Å². The Morgan fingerprint density at radius 3 is 2.55 bits per heavy atom. The molecular formula is C12H16N4O2S2. The highest BCUT2D eigenvalue weighted by atomic mass is 32.2. The largest absolute Gasteiger partial charge is 0.353 e. The maximum atomic E-state index is 11.5. The zero-order valence-electron chi connectivity index (χ0n) is 11.4. The number of anilines is 1. The van der Waals surface area contributed by atoms with Gasteiger partial charge in [0, 0.05) is 31.1 Å². The molecule has 0 aromatic carbocycles. The first-order valence-corrected chi connectivity index (χ1v) is 9.03. The van der Waals surface area contributed by atoms with E-state index < -0.39 is 10.0 Å². The lowest BCUT2D eigenvalue weighted by Gasteiger charge is -2.34. The van der Waals surface area contributed by atoms with Gasteiger partial charge < -0.3 is 4.90 Å². The molecule has 8 heteroatoms. The summed E-state index contributed by atoms with van der Waals surface area (Å²) < 4.78 is 24.6. The van der Waals surface area contributed by atoms with Crippen LogP contribution in [-0.2, 0) is 10.0 Å². The van der Waals surface area contributed by atoms with Gasteiger partial charge in [0.15, 0.2) is 0 Å². The number of rotatable bonds is 2. The molecule has 0 saturated carbocycles. The van der Waals surface area contributed by atoms with E-state index in [1.807, 2.05) is 0 Å². The van der Waals surface area contributed by atoms with Gasteiger partial charge in [-0.3, -0.25) is 0 Å². The van der Waals surface area contributed by atoms with Crippen molar-refractivity contribution in [3.63, 3.8) is 0 Å². The lowest BCUT2D eigenvalue weighted by atomic mass is 10.3. The summed E-state index contributed by atoms with van der Waals surface area (Å²) in [6.45, 7) is 4.39. The topological polar surface area (TPSA) is 66.4 Å². The highest BCUT2D eigenvalue weighted by Gasteiger charge is 2.25. The summed E-state index contributed by atoms with van der Waals surface area (Å²) in [4.78, 5) is 13.0. The Morgan fingerprint density at radius 2 is 1.90 bits per heavy atom. The molecule has 0 atom stereocenters. The molecule has 20 heavy (non-hydrogen) atoms. The molecule has 0 unspecified atom stereocenters. The third-order valence-electron chi connectivity index (χ3n) is 3.44. The van der Waals surface area contributed by atoms with E-state index >= 15 is 0 Å². The first kappa shape index (κ1) is 13.7. The minimum absolute atomic E-state index is 0.507. The van der Waals surface area contributed by atoms with E-state index in [2.05, 4.69) is 27.9 Å². The molecule has 108 valence electrons. The summed E-state index contributed by atoms with van der Waals surface area (Å²) in [5.41, 5.74) is 0. The van der Waals surface area contributed by atoms with Crippen LogP contribution in [0, 0.1) is 6.92 Å². The van der Waals surface area contributed by atoms with Crippen LogP contribution in [0.2, 0.25) is 0 Å². The summed E-state index contributed by atoms with van der Waals surface area (Å²) in [7, 11) is -3.09. The van der Waals surface area contributed by atoms with Crippen molar-refractivity contribution >= 4 is 37.4 Å². The van der Waals surface area contributed by atoms with E-state index in [1.54, 1.807) is 17.7 Å². The molecule has 3 rings (SSSR count). The molecule has 2 aromatic rings. The molecule has 1 aliphatic rings. The van der Waals surface area contributed by atoms with Gasteiger partial charge >= 0.3 is 0 Å². The van der Waals surface area contributed by atoms with E-state index in [1.165, 1.54) is 15.4 Å². The number of sulfonamides is 1. The fraction of sp³-hybridized carbons (Fsp3) is 0.500. The van der Waals surface area contributed by atoms with E-state index in [4.69, 9.17) is 0 Å². The first-order valence-electron chi connectivity index (χ1n) is 6.36. The van der Waals surface area contributed by atoms with Gasteiger partial charge in [-0.2, -0.15) is 4.31 Å². The number of thiophene rings is 1. The number of aryl methyl sites for hydroxylation is 1. The standard InChI is InChI=1S/C12H16N4O2S2/c1-9-7-10-11(13-8-14-12(10)19-9)15-3-5-16(6-4-15)20(2,17)18/h7-8H,3-6H2,1-2H3. The van der Waals surface area contributed by atoms with Gasteiger partial charge in [0.25, 0.3) is 0 Å². The van der Waals surface area contributed by atoms with Crippen LogP contribution in [0.3, 0.4) is 0 Å². The number of hydrogen-bond acceptors (Lipinski definition) is 6. The predicted molar refractivity (Wildman–Crippen MR) is 80.8 cm³/mol. The van der Waals surface area contributed by atoms with Crippen LogP contribution in [0.15, 0.2) is 12.4 Å². The van der Waals surface area contributed by atoms with Gasteiger partial charge in [-0.1, -0.05) is 0 Å². The minimum atomic E-state index is -3.09. The summed E-state index contributed by atoms with van der Waals surface area (Å²) in [6, 6.07) is 2.10. The lowest BCUT2D eigenvalue weighted by molar-refractivity contribution is 0.387. The Balaban J connectivity index is 1.87. The van der Waals surface area contributed by atoms with Gasteiger partial charge in [0.1, 0.15) is 17.0 Å². The summed E-state index contributed by atoms with van der Waals surface area (Å²) in [5.74, 6) is 0.910. The van der Waals surface area contributed by atoms with E-state index in [-0.39, 0.29) is 0 Å². The third-order valence-corrected chi connectivity index (χ3v) is 5.70. The SMILES string of the molecule is Cc1cc2c(N3CCN(S(C)(=O)=O)CC3)ncnc2s1. The fourth-order valence-electron chi connectivity index (χ4n) is 2.45. The van der Waals surface area contributed by atoms with Crippen molar-refractivity contribution in [3.8, 4) is 0 Å². The zero-order valence-corrected chi connectivity index (χ0v) is 13.0. The van der Waals surface area contributed by atoms with Crippen LogP contribution in [0.1, 0.15) is 4.88 Å². The fourth-order valence-corrected chi connectivity index (χ4v) is 4.12. The molecule has 0 spiro atoms. The van der Waals surface area contributed by atoms with Gasteiger partial charge in [0.2, 0.25) is 10.0 Å². The maximum Gasteiger partial charge on any atom is 0.211 e. The van der Waals surface area contributed by atoms with Gasteiger partial charge in [-0.05, 0) is 13.0 Å². The lowest BCUT2D eigenvalue weighted by Crippen LogP contribution is -2.48. The van der Waals surface area contributed by atoms with Crippen LogP contribution < -0.4 is 4.90 Å². The van der Waals surface area contributed by atoms with Crippen LogP contribution in [0.25, 0.3) is 10.2 Å². The molecule has 0 amide bonds. The second kappa shape index (κ2) is 4.94. The molecule has 1 fully saturated rings. The molecule has 1 saturated heterocycles. The molecule has 0 bridgehead atoms. The van der Waals surface area contributed by atoms with E-state index in [0.29, 0.717) is 26.2 Å². The molecule has 0 N–H and O–H groups in total. The quantitative estimate of drug-likeness (QED) is 0.830. The third kappa shape index (κ3) is 2.50. The summed E-state index contributed by atoms with van der Waals surface area (Å²) >= 11 is 1.65. The van der Waals surface area contributed by atoms with E-state index in [0.717, 1.165) is 16.0 Å². The van der Waals surface area contributed by atoms with Crippen LogP contribution in [-0.4, -0.2) is 55.1 Å². The Kier molecular flexibility index (Phi) is 3.39. The monoisotopic (exact) mass is 312 g/mol. The maximum absolute atomic E-state index is 11.5.